The van der Waals surface area contributed by atoms with Crippen molar-refractivity contribution in [2.75, 3.05) is 19.8 Å². The average Bonchev–Trinajstić information content (AvgIpc) is 2.76. The molecule has 0 unspecified atom stereocenters. The number of carbonyl (C=O) groups is 1. The number of carboxylic acid groups (broad SMARTS) is 1. The zero-order valence-electron chi connectivity index (χ0n) is 10.9. The molecule has 0 amide bonds. The van der Waals surface area contributed by atoms with Gasteiger partial charge >= 0.3 is 5.97 Å². The minimum absolute atomic E-state index is 0.389. The molecule has 4 nitrogen and oxygen atoms in total. The Labute approximate surface area is 112 Å². The van der Waals surface area contributed by atoms with Crippen molar-refractivity contribution in [2.45, 2.75) is 26.8 Å². The molecule has 102 valence electrons. The SMILES string of the molecule is CC(C)CCOCCNCc1ccc(C(=O)O)s1. The summed E-state index contributed by atoms with van der Waals surface area (Å²) in [7, 11) is 0. The standard InChI is InChI=1S/C13H21NO3S/c1-10(2)5-7-17-8-6-14-9-11-3-4-12(18-11)13(15)16/h3-4,10,14H,5-9H2,1-2H3,(H,15,16). The molecule has 0 aliphatic carbocycles. The molecule has 0 radical (unpaired) electrons. The summed E-state index contributed by atoms with van der Waals surface area (Å²) < 4.78 is 5.47. The summed E-state index contributed by atoms with van der Waals surface area (Å²) in [5, 5.41) is 12.0. The van der Waals surface area contributed by atoms with Gasteiger partial charge in [0, 0.05) is 24.6 Å². The molecule has 0 bridgehead atoms. The van der Waals surface area contributed by atoms with E-state index in [4.69, 9.17) is 9.84 Å². The lowest BCUT2D eigenvalue weighted by Gasteiger charge is -2.06. The highest BCUT2D eigenvalue weighted by atomic mass is 32.1. The zero-order chi connectivity index (χ0) is 13.4. The fourth-order valence-corrected chi connectivity index (χ4v) is 2.18. The van der Waals surface area contributed by atoms with Crippen LogP contribution in [0.4, 0.5) is 0 Å². The molecule has 18 heavy (non-hydrogen) atoms. The van der Waals surface area contributed by atoms with Crippen LogP contribution in [0.1, 0.15) is 34.8 Å². The maximum atomic E-state index is 10.7. The van der Waals surface area contributed by atoms with Gasteiger partial charge in [-0.3, -0.25) is 0 Å². The second kappa shape index (κ2) is 8.24. The molecule has 2 N–H and O–H groups in total. The normalized spacial score (nSPS) is 11.1. The highest BCUT2D eigenvalue weighted by Crippen LogP contribution is 2.15. The van der Waals surface area contributed by atoms with Crippen molar-refractivity contribution in [3.63, 3.8) is 0 Å². The van der Waals surface area contributed by atoms with Gasteiger partial charge in [0.2, 0.25) is 0 Å². The van der Waals surface area contributed by atoms with E-state index in [1.54, 1.807) is 6.07 Å². The van der Waals surface area contributed by atoms with E-state index < -0.39 is 5.97 Å². The molecule has 0 aliphatic heterocycles. The van der Waals surface area contributed by atoms with Gasteiger partial charge in [-0.15, -0.1) is 11.3 Å². The third kappa shape index (κ3) is 6.14. The molecule has 1 rings (SSSR count). The number of carboxylic acids is 1. The first-order valence-corrected chi connectivity index (χ1v) is 7.01. The summed E-state index contributed by atoms with van der Waals surface area (Å²) in [6.45, 7) is 7.35. The van der Waals surface area contributed by atoms with Gasteiger partial charge < -0.3 is 15.2 Å². The molecule has 0 saturated heterocycles. The van der Waals surface area contributed by atoms with E-state index in [0.717, 1.165) is 24.4 Å². The summed E-state index contributed by atoms with van der Waals surface area (Å²) in [5.41, 5.74) is 0. The molecule has 1 aromatic rings. The van der Waals surface area contributed by atoms with Gasteiger partial charge in [0.25, 0.3) is 0 Å². The first-order valence-electron chi connectivity index (χ1n) is 6.20. The van der Waals surface area contributed by atoms with Crippen LogP contribution in [0.2, 0.25) is 0 Å². The Morgan fingerprint density at radius 3 is 2.83 bits per heavy atom. The minimum atomic E-state index is -0.858. The van der Waals surface area contributed by atoms with Crippen LogP contribution in [0.25, 0.3) is 0 Å². The van der Waals surface area contributed by atoms with E-state index in [9.17, 15) is 4.79 Å². The molecule has 0 atom stereocenters. The second-order valence-corrected chi connectivity index (χ2v) is 5.71. The molecular weight excluding hydrogens is 250 g/mol. The lowest BCUT2D eigenvalue weighted by molar-refractivity contribution is 0.0702. The van der Waals surface area contributed by atoms with Crippen molar-refractivity contribution in [3.05, 3.63) is 21.9 Å². The van der Waals surface area contributed by atoms with E-state index in [1.165, 1.54) is 11.3 Å². The van der Waals surface area contributed by atoms with Crippen LogP contribution >= 0.6 is 11.3 Å². The van der Waals surface area contributed by atoms with Gasteiger partial charge in [-0.05, 0) is 24.5 Å². The number of nitrogens with one attached hydrogen (secondary N) is 1. The number of ether oxygens (including phenoxy) is 1. The van der Waals surface area contributed by atoms with Crippen LogP contribution in [0.15, 0.2) is 12.1 Å². The quantitative estimate of drug-likeness (QED) is 0.678. The van der Waals surface area contributed by atoms with E-state index in [1.807, 2.05) is 6.07 Å². The van der Waals surface area contributed by atoms with Gasteiger partial charge in [0.05, 0.1) is 6.61 Å². The van der Waals surface area contributed by atoms with Gasteiger partial charge in [-0.1, -0.05) is 13.8 Å². The molecule has 1 aromatic heterocycles. The molecular formula is C13H21NO3S. The fourth-order valence-electron chi connectivity index (χ4n) is 1.36. The van der Waals surface area contributed by atoms with Crippen LogP contribution in [-0.4, -0.2) is 30.8 Å². The number of aromatic carboxylic acids is 1. The summed E-state index contributed by atoms with van der Waals surface area (Å²) in [6, 6.07) is 3.49. The molecule has 0 fully saturated rings. The van der Waals surface area contributed by atoms with Crippen LogP contribution in [0, 0.1) is 5.92 Å². The van der Waals surface area contributed by atoms with Crippen LogP contribution in [0.5, 0.6) is 0 Å². The third-order valence-electron chi connectivity index (χ3n) is 2.43. The minimum Gasteiger partial charge on any atom is -0.477 e. The van der Waals surface area contributed by atoms with Crippen molar-refractivity contribution >= 4 is 17.3 Å². The predicted molar refractivity (Wildman–Crippen MR) is 73.3 cm³/mol. The first kappa shape index (κ1) is 15.1. The highest BCUT2D eigenvalue weighted by Gasteiger charge is 2.05. The smallest absolute Gasteiger partial charge is 0.345 e. The van der Waals surface area contributed by atoms with Crippen molar-refractivity contribution in [3.8, 4) is 0 Å². The van der Waals surface area contributed by atoms with Crippen LogP contribution in [-0.2, 0) is 11.3 Å². The highest BCUT2D eigenvalue weighted by molar-refractivity contribution is 7.13. The first-order chi connectivity index (χ1) is 8.59. The Bertz CT molecular complexity index is 363. The molecule has 0 saturated carbocycles. The molecule has 0 aliphatic rings. The zero-order valence-corrected chi connectivity index (χ0v) is 11.8. The fraction of sp³-hybridized carbons (Fsp3) is 0.615. The lowest BCUT2D eigenvalue weighted by Crippen LogP contribution is -2.19. The topological polar surface area (TPSA) is 58.6 Å². The van der Waals surface area contributed by atoms with E-state index in [2.05, 4.69) is 19.2 Å². The predicted octanol–water partition coefficient (Wildman–Crippen LogP) is 2.60. The number of hydrogen-bond acceptors (Lipinski definition) is 4. The number of thiophene rings is 1. The second-order valence-electron chi connectivity index (χ2n) is 4.54. The Balaban J connectivity index is 2.05. The van der Waals surface area contributed by atoms with E-state index in [0.29, 0.717) is 23.9 Å². The Kier molecular flexibility index (Phi) is 6.93. The Morgan fingerprint density at radius 1 is 1.44 bits per heavy atom. The molecule has 5 heteroatoms. The lowest BCUT2D eigenvalue weighted by atomic mass is 10.1. The summed E-state index contributed by atoms with van der Waals surface area (Å²) in [4.78, 5) is 12.1. The number of hydrogen-bond donors (Lipinski definition) is 2. The largest absolute Gasteiger partial charge is 0.477 e. The van der Waals surface area contributed by atoms with Gasteiger partial charge in [0.15, 0.2) is 0 Å². The molecule has 0 aromatic carbocycles. The average molecular weight is 271 g/mol. The summed E-state index contributed by atoms with van der Waals surface area (Å²) in [6.07, 6.45) is 1.09. The van der Waals surface area contributed by atoms with E-state index >= 15 is 0 Å². The van der Waals surface area contributed by atoms with Gasteiger partial charge in [0.1, 0.15) is 4.88 Å². The Hall–Kier alpha value is -0.910. The number of rotatable bonds is 9. The van der Waals surface area contributed by atoms with Crippen molar-refractivity contribution < 1.29 is 14.6 Å². The van der Waals surface area contributed by atoms with Gasteiger partial charge in [-0.25, -0.2) is 4.79 Å². The maximum absolute atomic E-state index is 10.7. The maximum Gasteiger partial charge on any atom is 0.345 e. The van der Waals surface area contributed by atoms with Crippen LogP contribution in [0.3, 0.4) is 0 Å². The van der Waals surface area contributed by atoms with E-state index in [-0.39, 0.29) is 0 Å². The van der Waals surface area contributed by atoms with Crippen molar-refractivity contribution in [1.29, 1.82) is 0 Å². The molecule has 0 spiro atoms. The Morgan fingerprint density at radius 2 is 2.22 bits per heavy atom. The van der Waals surface area contributed by atoms with Crippen molar-refractivity contribution in [2.24, 2.45) is 5.92 Å². The van der Waals surface area contributed by atoms with Crippen LogP contribution < -0.4 is 5.32 Å². The molecule has 1 heterocycles. The summed E-state index contributed by atoms with van der Waals surface area (Å²) in [5.74, 6) is -0.179. The van der Waals surface area contributed by atoms with Gasteiger partial charge in [-0.2, -0.15) is 0 Å². The summed E-state index contributed by atoms with van der Waals surface area (Å²) >= 11 is 1.31. The monoisotopic (exact) mass is 271 g/mol. The third-order valence-corrected chi connectivity index (χ3v) is 3.51. The van der Waals surface area contributed by atoms with Crippen molar-refractivity contribution in [1.82, 2.24) is 5.32 Å².